The van der Waals surface area contributed by atoms with Crippen molar-refractivity contribution in [3.05, 3.63) is 199 Å². The molecule has 5 heteroatoms. The predicted molar refractivity (Wildman–Crippen MR) is 229 cm³/mol. The summed E-state index contributed by atoms with van der Waals surface area (Å²) >= 11 is 0. The van der Waals surface area contributed by atoms with Crippen molar-refractivity contribution in [2.24, 2.45) is 4.99 Å². The van der Waals surface area contributed by atoms with Crippen molar-refractivity contribution in [2.45, 2.75) is 12.5 Å². The highest BCUT2D eigenvalue weighted by Gasteiger charge is 2.18. The summed E-state index contributed by atoms with van der Waals surface area (Å²) < 4.78 is 6.30. The van der Waals surface area contributed by atoms with Gasteiger partial charge in [0.25, 0.3) is 0 Å². The third kappa shape index (κ3) is 6.44. The minimum Gasteiger partial charge on any atom is -0.456 e. The molecule has 7 aromatic carbocycles. The molecule has 3 heterocycles. The van der Waals surface area contributed by atoms with Gasteiger partial charge in [0.2, 0.25) is 0 Å². The molecule has 3 N–H and O–H groups in total. The first-order valence-corrected chi connectivity index (χ1v) is 19.1. The van der Waals surface area contributed by atoms with Crippen molar-refractivity contribution < 1.29 is 4.42 Å². The van der Waals surface area contributed by atoms with E-state index < -0.39 is 0 Å². The van der Waals surface area contributed by atoms with E-state index in [1.165, 1.54) is 23.1 Å². The van der Waals surface area contributed by atoms with Crippen LogP contribution in [0.1, 0.15) is 23.6 Å². The van der Waals surface area contributed by atoms with Crippen molar-refractivity contribution in [2.75, 3.05) is 6.54 Å². The second-order valence-corrected chi connectivity index (χ2v) is 14.4. The van der Waals surface area contributed by atoms with E-state index in [1.807, 2.05) is 54.7 Å². The van der Waals surface area contributed by atoms with E-state index in [2.05, 4.69) is 138 Å². The molecular weight excluding hydrogens is 685 g/mol. The lowest BCUT2D eigenvalue weighted by atomic mass is 9.94. The van der Waals surface area contributed by atoms with E-state index in [-0.39, 0.29) is 5.84 Å². The lowest BCUT2D eigenvalue weighted by Gasteiger charge is -2.28. The van der Waals surface area contributed by atoms with Crippen molar-refractivity contribution in [3.8, 4) is 55.6 Å². The smallest absolute Gasteiger partial charge is 0.154 e. The number of nitrogens with one attached hydrogen (secondary N) is 3. The summed E-state index contributed by atoms with van der Waals surface area (Å²) in [5, 5.41) is 14.7. The molecule has 9 aromatic rings. The first kappa shape index (κ1) is 33.5. The summed E-state index contributed by atoms with van der Waals surface area (Å²) in [7, 11) is 0. The van der Waals surface area contributed by atoms with Crippen molar-refractivity contribution in [1.82, 2.24) is 10.3 Å². The van der Waals surface area contributed by atoms with Crippen LogP contribution >= 0.6 is 0 Å². The van der Waals surface area contributed by atoms with Crippen LogP contribution in [0.3, 0.4) is 0 Å². The molecule has 0 bridgehead atoms. The molecule has 0 spiro atoms. The third-order valence-corrected chi connectivity index (χ3v) is 10.9. The summed E-state index contributed by atoms with van der Waals surface area (Å²) in [5.41, 5.74) is 15.6. The minimum absolute atomic E-state index is 0.199. The molecule has 0 amide bonds. The Balaban J connectivity index is 0.936. The van der Waals surface area contributed by atoms with Gasteiger partial charge in [-0.15, -0.1) is 0 Å². The van der Waals surface area contributed by atoms with E-state index >= 15 is 0 Å². The van der Waals surface area contributed by atoms with Crippen molar-refractivity contribution in [3.63, 3.8) is 0 Å². The molecule has 0 radical (unpaired) electrons. The number of aromatic amines is 1. The third-order valence-electron chi connectivity index (χ3n) is 10.9. The molecular formula is C51H38N4O. The monoisotopic (exact) mass is 722 g/mol. The van der Waals surface area contributed by atoms with Crippen molar-refractivity contribution in [1.29, 1.82) is 5.41 Å². The van der Waals surface area contributed by atoms with Crippen LogP contribution in [0.4, 0.5) is 0 Å². The summed E-state index contributed by atoms with van der Waals surface area (Å²) in [6.07, 6.45) is 3.05. The fourth-order valence-electron chi connectivity index (χ4n) is 7.77. The van der Waals surface area contributed by atoms with E-state index in [4.69, 9.17) is 14.8 Å². The average Bonchev–Trinajstić information content (AvgIpc) is 3.61. The Kier molecular flexibility index (Phi) is 8.55. The Morgan fingerprint density at radius 1 is 0.518 bits per heavy atom. The second kappa shape index (κ2) is 14.3. The highest BCUT2D eigenvalue weighted by atomic mass is 16.3. The Labute approximate surface area is 325 Å². The van der Waals surface area contributed by atoms with Gasteiger partial charge in [0.15, 0.2) is 5.84 Å². The molecule has 5 nitrogen and oxygen atoms in total. The molecule has 1 atom stereocenters. The fourth-order valence-corrected chi connectivity index (χ4v) is 7.77. The number of hydrogen-bond donors (Lipinski definition) is 3. The Morgan fingerprint density at radius 3 is 1.66 bits per heavy atom. The molecule has 1 fully saturated rings. The van der Waals surface area contributed by atoms with Gasteiger partial charge in [0.1, 0.15) is 16.7 Å². The molecule has 268 valence electrons. The molecule has 56 heavy (non-hydrogen) atoms. The number of benzene rings is 7. The fraction of sp³-hybridized carbons (Fsp3) is 0.0588. The standard InChI is InChI=1S/C51H38N4O/c52-50(55-51-44(16-7-26-54-51)34-8-2-1-3-9-34)43-15-6-14-40(30-43)38-12-4-10-36(28-38)37-11-5-13-39(29-37)42-22-24-49-46(32-42)45-31-41(21-23-48(45)56-49)33-17-19-35(20-18-33)47-25-27-53-47/h1-24,26,28-32,47,53H,25,27H2,(H2,52,54,55). The van der Waals surface area contributed by atoms with Gasteiger partial charge < -0.3 is 14.7 Å². The molecule has 0 aliphatic carbocycles. The van der Waals surface area contributed by atoms with Crippen LogP contribution in [-0.2, 0) is 0 Å². The van der Waals surface area contributed by atoms with Crippen LogP contribution in [0.25, 0.3) is 77.6 Å². The number of amidine groups is 1. The van der Waals surface area contributed by atoms with Gasteiger partial charge in [-0.05, 0) is 123 Å². The summed E-state index contributed by atoms with van der Waals surface area (Å²) in [6, 6.07) is 62.0. The molecule has 1 saturated heterocycles. The number of aromatic nitrogens is 1. The van der Waals surface area contributed by atoms with Crippen LogP contribution < -0.4 is 10.8 Å². The molecule has 0 saturated carbocycles. The van der Waals surface area contributed by atoms with Crippen LogP contribution in [-0.4, -0.2) is 17.4 Å². The lowest BCUT2D eigenvalue weighted by molar-refractivity contribution is 0.383. The van der Waals surface area contributed by atoms with E-state index in [1.54, 1.807) is 0 Å². The van der Waals surface area contributed by atoms with Crippen LogP contribution in [0.5, 0.6) is 0 Å². The SMILES string of the molecule is N=C(/N=c1\[nH]cccc1-c1ccccc1)c1cccc(-c2cccc(-c3cccc(-c4ccc5oc6ccc(-c7ccc(C8CCN8)cc7)cc6c5c4)c3)c2)c1. The van der Waals surface area contributed by atoms with Gasteiger partial charge in [-0.1, -0.05) is 121 Å². The second-order valence-electron chi connectivity index (χ2n) is 14.4. The molecule has 1 aliphatic rings. The highest BCUT2D eigenvalue weighted by Crippen LogP contribution is 2.37. The Hall–Kier alpha value is -7.08. The summed E-state index contributed by atoms with van der Waals surface area (Å²) in [5.74, 6) is 0.199. The van der Waals surface area contributed by atoms with Crippen molar-refractivity contribution >= 4 is 27.8 Å². The number of hydrogen-bond acceptors (Lipinski definition) is 3. The minimum atomic E-state index is 0.199. The number of fused-ring (bicyclic) bond motifs is 3. The number of H-pyrrole nitrogens is 1. The van der Waals surface area contributed by atoms with Gasteiger partial charge in [-0.3, -0.25) is 5.41 Å². The zero-order valence-corrected chi connectivity index (χ0v) is 30.7. The zero-order chi connectivity index (χ0) is 37.4. The number of nitrogens with zero attached hydrogens (tertiary/aromatic N) is 1. The van der Waals surface area contributed by atoms with Gasteiger partial charge in [-0.2, -0.15) is 0 Å². The highest BCUT2D eigenvalue weighted by molar-refractivity contribution is 6.07. The predicted octanol–water partition coefficient (Wildman–Crippen LogP) is 12.2. The average molecular weight is 723 g/mol. The Morgan fingerprint density at radius 2 is 1.05 bits per heavy atom. The summed E-state index contributed by atoms with van der Waals surface area (Å²) in [6.45, 7) is 1.10. The number of rotatable bonds is 7. The van der Waals surface area contributed by atoms with Gasteiger partial charge in [0.05, 0.1) is 0 Å². The maximum atomic E-state index is 8.94. The quantitative estimate of drug-likeness (QED) is 0.113. The van der Waals surface area contributed by atoms with E-state index in [0.717, 1.165) is 78.6 Å². The maximum Gasteiger partial charge on any atom is 0.154 e. The summed E-state index contributed by atoms with van der Waals surface area (Å²) in [4.78, 5) is 7.97. The van der Waals surface area contributed by atoms with Crippen LogP contribution in [0.2, 0.25) is 0 Å². The molecule has 10 rings (SSSR count). The first-order valence-electron chi connectivity index (χ1n) is 19.1. The van der Waals surface area contributed by atoms with Gasteiger partial charge >= 0.3 is 0 Å². The largest absolute Gasteiger partial charge is 0.456 e. The van der Waals surface area contributed by atoms with Crippen LogP contribution in [0, 0.1) is 5.41 Å². The maximum absolute atomic E-state index is 8.94. The topological polar surface area (TPSA) is 77.2 Å². The molecule has 1 aliphatic heterocycles. The number of furan rings is 1. The van der Waals surface area contributed by atoms with Gasteiger partial charge in [-0.25, -0.2) is 4.99 Å². The van der Waals surface area contributed by atoms with Gasteiger partial charge in [0, 0.05) is 34.1 Å². The first-order chi connectivity index (χ1) is 27.6. The lowest BCUT2D eigenvalue weighted by Crippen LogP contribution is -2.34. The molecule has 1 unspecified atom stereocenters. The van der Waals surface area contributed by atoms with E-state index in [0.29, 0.717) is 11.5 Å². The molecule has 2 aromatic heterocycles. The Bertz CT molecular complexity index is 2970. The normalized spacial score (nSPS) is 14.2. The van der Waals surface area contributed by atoms with E-state index in [9.17, 15) is 0 Å². The zero-order valence-electron chi connectivity index (χ0n) is 30.7. The number of pyridine rings is 1. The van der Waals surface area contributed by atoms with Crippen LogP contribution in [0.15, 0.2) is 192 Å².